The van der Waals surface area contributed by atoms with Crippen LogP contribution in [0.3, 0.4) is 0 Å². The molecule has 5 heteroatoms. The summed E-state index contributed by atoms with van der Waals surface area (Å²) in [7, 11) is 0. The van der Waals surface area contributed by atoms with Crippen LogP contribution in [0.1, 0.15) is 6.92 Å². The molecular formula is C6H14N2O3. The minimum atomic E-state index is -1.18. The molecule has 0 aliphatic heterocycles. The highest BCUT2D eigenvalue weighted by molar-refractivity contribution is 5.83. The molecule has 6 N–H and O–H groups in total. The second kappa shape index (κ2) is 4.40. The Morgan fingerprint density at radius 1 is 1.55 bits per heavy atom. The van der Waals surface area contributed by atoms with Gasteiger partial charge in [-0.05, 0) is 6.92 Å². The zero-order chi connectivity index (χ0) is 9.02. The lowest BCUT2D eigenvalue weighted by Crippen LogP contribution is -2.49. The van der Waals surface area contributed by atoms with Crippen LogP contribution in [0.15, 0.2) is 0 Å². The molecule has 0 rings (SSSR count). The molecule has 3 atom stereocenters. The van der Waals surface area contributed by atoms with Gasteiger partial charge in [0.2, 0.25) is 0 Å². The van der Waals surface area contributed by atoms with Gasteiger partial charge in [-0.2, -0.15) is 0 Å². The van der Waals surface area contributed by atoms with Crippen molar-refractivity contribution in [2.75, 3.05) is 6.61 Å². The van der Waals surface area contributed by atoms with E-state index in [9.17, 15) is 0 Å². The minimum absolute atomic E-state index is 0.0231. The van der Waals surface area contributed by atoms with E-state index in [-0.39, 0.29) is 5.71 Å². The number of hydrogen-bond donors (Lipinski definition) is 5. The zero-order valence-corrected chi connectivity index (χ0v) is 6.36. The standard InChI is InChI=1S/C6H14N2O3/c1-3(7)6(11)5(8)4(10)2-9/h4-7,9-11H,2,8H2,1H3/t4?,5?,6-/m1/s1. The molecule has 0 radical (unpaired) electrons. The average Bonchev–Trinajstić information content (AvgIpc) is 2.00. The molecule has 5 nitrogen and oxygen atoms in total. The number of rotatable bonds is 4. The largest absolute Gasteiger partial charge is 0.394 e. The maximum Gasteiger partial charge on any atom is 0.109 e. The molecule has 0 saturated heterocycles. The number of aliphatic hydroxyl groups excluding tert-OH is 3. The van der Waals surface area contributed by atoms with Gasteiger partial charge in [-0.25, -0.2) is 0 Å². The predicted octanol–water partition coefficient (Wildman–Crippen LogP) is -1.93. The fourth-order valence-corrected chi connectivity index (χ4v) is 0.621. The SMILES string of the molecule is CC(=N)[C@@H](O)C(N)C(O)CO. The molecule has 0 aliphatic rings. The second-order valence-electron chi connectivity index (χ2n) is 2.46. The van der Waals surface area contributed by atoms with Gasteiger partial charge >= 0.3 is 0 Å². The van der Waals surface area contributed by atoms with Crippen LogP contribution in [0, 0.1) is 5.41 Å². The normalized spacial score (nSPS) is 19.0. The summed E-state index contributed by atoms with van der Waals surface area (Å²) in [6, 6.07) is -0.988. The van der Waals surface area contributed by atoms with Crippen molar-refractivity contribution in [1.82, 2.24) is 0 Å². The van der Waals surface area contributed by atoms with Gasteiger partial charge in [0.25, 0.3) is 0 Å². The Labute approximate surface area is 65.0 Å². The molecule has 0 heterocycles. The summed E-state index contributed by atoms with van der Waals surface area (Å²) >= 11 is 0. The Hall–Kier alpha value is -0.490. The third kappa shape index (κ3) is 2.94. The van der Waals surface area contributed by atoms with Crippen LogP contribution in [0.2, 0.25) is 0 Å². The Morgan fingerprint density at radius 2 is 2.00 bits per heavy atom. The van der Waals surface area contributed by atoms with E-state index in [0.29, 0.717) is 0 Å². The topological polar surface area (TPSA) is 111 Å². The maximum absolute atomic E-state index is 9.08. The van der Waals surface area contributed by atoms with Crippen molar-refractivity contribution >= 4 is 5.71 Å². The monoisotopic (exact) mass is 162 g/mol. The van der Waals surface area contributed by atoms with Crippen molar-refractivity contribution < 1.29 is 15.3 Å². The van der Waals surface area contributed by atoms with Crippen molar-refractivity contribution in [2.45, 2.75) is 25.2 Å². The molecule has 0 aromatic carbocycles. The van der Waals surface area contributed by atoms with Crippen LogP contribution in [0.5, 0.6) is 0 Å². The Kier molecular flexibility index (Phi) is 4.20. The molecule has 0 saturated carbocycles. The van der Waals surface area contributed by atoms with Crippen LogP contribution in [0.25, 0.3) is 0 Å². The first kappa shape index (κ1) is 10.5. The van der Waals surface area contributed by atoms with E-state index in [4.69, 9.17) is 26.5 Å². The van der Waals surface area contributed by atoms with Crippen molar-refractivity contribution in [3.63, 3.8) is 0 Å². The number of nitrogens with one attached hydrogen (secondary N) is 1. The van der Waals surface area contributed by atoms with Gasteiger partial charge in [0.05, 0.1) is 18.8 Å². The summed E-state index contributed by atoms with van der Waals surface area (Å²) in [5, 5.41) is 33.4. The van der Waals surface area contributed by atoms with Crippen LogP contribution in [0.4, 0.5) is 0 Å². The molecule has 0 aromatic heterocycles. The first-order valence-electron chi connectivity index (χ1n) is 3.28. The van der Waals surface area contributed by atoms with Gasteiger partial charge in [-0.15, -0.1) is 0 Å². The summed E-state index contributed by atoms with van der Waals surface area (Å²) in [4.78, 5) is 0. The fourth-order valence-electron chi connectivity index (χ4n) is 0.621. The third-order valence-corrected chi connectivity index (χ3v) is 1.44. The average molecular weight is 162 g/mol. The van der Waals surface area contributed by atoms with E-state index in [1.54, 1.807) is 0 Å². The summed E-state index contributed by atoms with van der Waals surface area (Å²) in [5.74, 6) is 0. The van der Waals surface area contributed by atoms with E-state index >= 15 is 0 Å². The van der Waals surface area contributed by atoms with E-state index in [0.717, 1.165) is 0 Å². The van der Waals surface area contributed by atoms with Crippen LogP contribution >= 0.6 is 0 Å². The second-order valence-corrected chi connectivity index (χ2v) is 2.46. The highest BCUT2D eigenvalue weighted by Crippen LogP contribution is 1.97. The summed E-state index contributed by atoms with van der Waals surface area (Å²) < 4.78 is 0. The molecule has 0 bridgehead atoms. The molecule has 0 aliphatic carbocycles. The predicted molar refractivity (Wildman–Crippen MR) is 40.5 cm³/mol. The van der Waals surface area contributed by atoms with Gasteiger partial charge in [-0.1, -0.05) is 0 Å². The lowest BCUT2D eigenvalue weighted by atomic mass is 10.0. The summed E-state index contributed by atoms with van der Waals surface area (Å²) in [6.07, 6.45) is -2.36. The van der Waals surface area contributed by atoms with Crippen molar-refractivity contribution in [2.24, 2.45) is 5.73 Å². The van der Waals surface area contributed by atoms with Crippen LogP contribution < -0.4 is 5.73 Å². The lowest BCUT2D eigenvalue weighted by molar-refractivity contribution is 0.0411. The number of aliphatic hydroxyl groups is 3. The molecule has 66 valence electrons. The Balaban J connectivity index is 4.00. The van der Waals surface area contributed by atoms with E-state index in [2.05, 4.69) is 0 Å². The molecule has 0 spiro atoms. The molecule has 2 unspecified atom stereocenters. The first-order valence-corrected chi connectivity index (χ1v) is 3.28. The van der Waals surface area contributed by atoms with E-state index in [1.165, 1.54) is 6.92 Å². The molecule has 0 aromatic rings. The molecule has 11 heavy (non-hydrogen) atoms. The number of hydrogen-bond acceptors (Lipinski definition) is 5. The van der Waals surface area contributed by atoms with Gasteiger partial charge in [-0.3, -0.25) is 0 Å². The molecular weight excluding hydrogens is 148 g/mol. The molecule has 0 fully saturated rings. The van der Waals surface area contributed by atoms with Crippen LogP contribution in [-0.4, -0.2) is 45.9 Å². The van der Waals surface area contributed by atoms with Gasteiger partial charge < -0.3 is 26.5 Å². The maximum atomic E-state index is 9.08. The summed E-state index contributed by atoms with van der Waals surface area (Å²) in [5.41, 5.74) is 5.25. The minimum Gasteiger partial charge on any atom is -0.394 e. The summed E-state index contributed by atoms with van der Waals surface area (Å²) in [6.45, 7) is 0.875. The fraction of sp³-hybridized carbons (Fsp3) is 0.833. The Bertz CT molecular complexity index is 140. The molecule has 0 amide bonds. The quantitative estimate of drug-likeness (QED) is 0.310. The zero-order valence-electron chi connectivity index (χ0n) is 6.36. The van der Waals surface area contributed by atoms with Gasteiger partial charge in [0.15, 0.2) is 0 Å². The van der Waals surface area contributed by atoms with E-state index in [1.807, 2.05) is 0 Å². The van der Waals surface area contributed by atoms with Crippen molar-refractivity contribution in [1.29, 1.82) is 5.41 Å². The highest BCUT2D eigenvalue weighted by atomic mass is 16.3. The van der Waals surface area contributed by atoms with Crippen molar-refractivity contribution in [3.05, 3.63) is 0 Å². The number of nitrogens with two attached hydrogens (primary N) is 1. The van der Waals surface area contributed by atoms with Gasteiger partial charge in [0.1, 0.15) is 6.10 Å². The van der Waals surface area contributed by atoms with E-state index < -0.39 is 24.9 Å². The van der Waals surface area contributed by atoms with Crippen molar-refractivity contribution in [3.8, 4) is 0 Å². The smallest absolute Gasteiger partial charge is 0.109 e. The van der Waals surface area contributed by atoms with Gasteiger partial charge in [0, 0.05) is 5.71 Å². The lowest BCUT2D eigenvalue weighted by Gasteiger charge is -2.21. The highest BCUT2D eigenvalue weighted by Gasteiger charge is 2.23. The Morgan fingerprint density at radius 3 is 2.27 bits per heavy atom. The third-order valence-electron chi connectivity index (χ3n) is 1.44. The first-order chi connectivity index (χ1) is 5.00. The van der Waals surface area contributed by atoms with Crippen LogP contribution in [-0.2, 0) is 0 Å².